The highest BCUT2D eigenvalue weighted by molar-refractivity contribution is 7.15. The molecule has 2 aromatic rings. The van der Waals surface area contributed by atoms with E-state index in [0.717, 1.165) is 29.8 Å². The second-order valence-corrected chi connectivity index (χ2v) is 8.91. The molecule has 152 valence electrons. The molecule has 2 unspecified atom stereocenters. The number of amides is 2. The molecule has 29 heavy (non-hydrogen) atoms. The van der Waals surface area contributed by atoms with Crippen LogP contribution in [0.2, 0.25) is 0 Å². The molecule has 2 amide bonds. The average molecular weight is 413 g/mol. The number of carbonyl (C=O) groups is 2. The molecule has 5 rings (SSSR count). The van der Waals surface area contributed by atoms with Crippen LogP contribution in [0.25, 0.3) is 0 Å². The Morgan fingerprint density at radius 2 is 1.97 bits per heavy atom. The Labute approximate surface area is 173 Å². The van der Waals surface area contributed by atoms with Crippen LogP contribution in [-0.4, -0.2) is 40.5 Å². The Kier molecular flexibility index (Phi) is 4.66. The summed E-state index contributed by atoms with van der Waals surface area (Å²) in [6.07, 6.45) is 2.69. The summed E-state index contributed by atoms with van der Waals surface area (Å²) >= 11 is 1.46. The van der Waals surface area contributed by atoms with Gasteiger partial charge in [0.1, 0.15) is 6.10 Å². The first-order valence-corrected chi connectivity index (χ1v) is 10.9. The van der Waals surface area contributed by atoms with Crippen LogP contribution in [0.1, 0.15) is 36.8 Å². The van der Waals surface area contributed by atoms with Crippen LogP contribution in [-0.2, 0) is 22.6 Å². The lowest BCUT2D eigenvalue weighted by Crippen LogP contribution is -2.51. The number of carbonyl (C=O) groups excluding carboxylic acids is 2. The maximum atomic E-state index is 13.1. The van der Waals surface area contributed by atoms with E-state index in [4.69, 9.17) is 9.47 Å². The molecule has 0 spiro atoms. The zero-order valence-electron chi connectivity index (χ0n) is 16.2. The Morgan fingerprint density at radius 1 is 1.21 bits per heavy atom. The van der Waals surface area contributed by atoms with Gasteiger partial charge >= 0.3 is 0 Å². The maximum absolute atomic E-state index is 13.1. The third-order valence-electron chi connectivity index (χ3n) is 5.83. The van der Waals surface area contributed by atoms with Crippen molar-refractivity contribution in [1.82, 2.24) is 9.88 Å². The first-order valence-electron chi connectivity index (χ1n) is 10.1. The minimum Gasteiger partial charge on any atom is -0.482 e. The van der Waals surface area contributed by atoms with Crippen LogP contribution in [0, 0.1) is 5.92 Å². The molecular formula is C21H23N3O4S. The van der Waals surface area contributed by atoms with E-state index in [0.29, 0.717) is 36.1 Å². The molecule has 7 nitrogen and oxygen atoms in total. The lowest BCUT2D eigenvalue weighted by Gasteiger charge is -2.35. The number of hydrogen-bond donors (Lipinski definition) is 1. The minimum atomic E-state index is -0.669. The van der Waals surface area contributed by atoms with Gasteiger partial charge in [0.25, 0.3) is 5.91 Å². The lowest BCUT2D eigenvalue weighted by molar-refractivity contribution is -0.145. The SMILES string of the molecule is CC1Oc2ccccc2OC1C(=O)N1CCc2nc(NC(=O)C3CCC3)sc2C1. The summed E-state index contributed by atoms with van der Waals surface area (Å²) in [6, 6.07) is 7.41. The number of rotatable bonds is 3. The Morgan fingerprint density at radius 3 is 2.69 bits per heavy atom. The molecule has 1 N–H and O–H groups in total. The van der Waals surface area contributed by atoms with Crippen LogP contribution in [0.5, 0.6) is 11.5 Å². The standard InChI is InChI=1S/C21H23N3O4S/c1-12-18(28-16-8-3-2-7-15(16)27-12)20(26)24-10-9-14-17(11-24)29-21(22-14)23-19(25)13-5-4-6-13/h2-3,7-8,12-13,18H,4-6,9-11H2,1H3,(H,22,23,25). The minimum absolute atomic E-state index is 0.0653. The van der Waals surface area contributed by atoms with Crippen LogP contribution in [0.4, 0.5) is 5.13 Å². The highest BCUT2D eigenvalue weighted by atomic mass is 32.1. The molecule has 3 heterocycles. The summed E-state index contributed by atoms with van der Waals surface area (Å²) < 4.78 is 11.8. The Hall–Kier alpha value is -2.61. The van der Waals surface area contributed by atoms with Crippen molar-refractivity contribution in [2.75, 3.05) is 11.9 Å². The molecule has 3 aliphatic rings. The van der Waals surface area contributed by atoms with Crippen molar-refractivity contribution in [3.8, 4) is 11.5 Å². The summed E-state index contributed by atoms with van der Waals surface area (Å²) in [4.78, 5) is 32.7. The second kappa shape index (κ2) is 7.33. The lowest BCUT2D eigenvalue weighted by atomic mass is 9.85. The number of hydrogen-bond acceptors (Lipinski definition) is 6. The van der Waals surface area contributed by atoms with Gasteiger partial charge in [-0.1, -0.05) is 29.9 Å². The van der Waals surface area contributed by atoms with Gasteiger partial charge in [-0.3, -0.25) is 9.59 Å². The van der Waals surface area contributed by atoms with Gasteiger partial charge < -0.3 is 19.7 Å². The third-order valence-corrected chi connectivity index (χ3v) is 6.83. The first-order chi connectivity index (χ1) is 14.1. The fraction of sp³-hybridized carbons (Fsp3) is 0.476. The Balaban J connectivity index is 1.27. The second-order valence-electron chi connectivity index (χ2n) is 7.82. The molecule has 1 aliphatic carbocycles. The van der Waals surface area contributed by atoms with Gasteiger partial charge in [0, 0.05) is 23.8 Å². The predicted octanol–water partition coefficient (Wildman–Crippen LogP) is 2.99. The number of para-hydroxylation sites is 2. The van der Waals surface area contributed by atoms with Crippen LogP contribution in [0.15, 0.2) is 24.3 Å². The molecular weight excluding hydrogens is 390 g/mol. The van der Waals surface area contributed by atoms with Gasteiger partial charge in [-0.25, -0.2) is 4.98 Å². The van der Waals surface area contributed by atoms with Gasteiger partial charge in [0.05, 0.1) is 12.2 Å². The largest absolute Gasteiger partial charge is 0.482 e. The van der Waals surface area contributed by atoms with Crippen molar-refractivity contribution in [1.29, 1.82) is 0 Å². The quantitative estimate of drug-likeness (QED) is 0.837. The van der Waals surface area contributed by atoms with E-state index in [1.807, 2.05) is 31.2 Å². The van der Waals surface area contributed by atoms with Crippen LogP contribution >= 0.6 is 11.3 Å². The van der Waals surface area contributed by atoms with Crippen molar-refractivity contribution in [2.45, 2.75) is 51.4 Å². The van der Waals surface area contributed by atoms with E-state index in [-0.39, 0.29) is 23.8 Å². The van der Waals surface area contributed by atoms with E-state index in [2.05, 4.69) is 10.3 Å². The highest BCUT2D eigenvalue weighted by Gasteiger charge is 2.38. The third kappa shape index (κ3) is 3.46. The number of nitrogens with zero attached hydrogens (tertiary/aromatic N) is 2. The molecule has 0 saturated heterocycles. The van der Waals surface area contributed by atoms with E-state index in [1.165, 1.54) is 11.3 Å². The number of aromatic nitrogens is 1. The van der Waals surface area contributed by atoms with Gasteiger partial charge in [-0.2, -0.15) is 0 Å². The zero-order chi connectivity index (χ0) is 20.0. The molecule has 2 aliphatic heterocycles. The first kappa shape index (κ1) is 18.4. The fourth-order valence-electron chi connectivity index (χ4n) is 3.89. The van der Waals surface area contributed by atoms with E-state index < -0.39 is 6.10 Å². The summed E-state index contributed by atoms with van der Waals surface area (Å²) in [6.45, 7) is 2.92. The molecule has 0 bridgehead atoms. The van der Waals surface area contributed by atoms with E-state index in [1.54, 1.807) is 4.90 Å². The van der Waals surface area contributed by atoms with Gasteiger partial charge in [0.15, 0.2) is 16.6 Å². The van der Waals surface area contributed by atoms with Gasteiger partial charge in [0.2, 0.25) is 12.0 Å². The van der Waals surface area contributed by atoms with Crippen molar-refractivity contribution in [3.05, 3.63) is 34.8 Å². The summed E-state index contributed by atoms with van der Waals surface area (Å²) in [5, 5.41) is 3.59. The van der Waals surface area contributed by atoms with Crippen LogP contribution < -0.4 is 14.8 Å². The summed E-state index contributed by atoms with van der Waals surface area (Å²) in [7, 11) is 0. The van der Waals surface area contributed by atoms with Crippen molar-refractivity contribution in [3.63, 3.8) is 0 Å². The van der Waals surface area contributed by atoms with Crippen molar-refractivity contribution in [2.24, 2.45) is 5.92 Å². The number of thiazole rings is 1. The summed E-state index contributed by atoms with van der Waals surface area (Å²) in [5.74, 6) is 1.38. The molecule has 1 saturated carbocycles. The van der Waals surface area contributed by atoms with Crippen molar-refractivity contribution < 1.29 is 19.1 Å². The highest BCUT2D eigenvalue weighted by Crippen LogP contribution is 2.35. The number of ether oxygens (including phenoxy) is 2. The van der Waals surface area contributed by atoms with Gasteiger partial charge in [-0.05, 0) is 31.9 Å². The van der Waals surface area contributed by atoms with Gasteiger partial charge in [-0.15, -0.1) is 0 Å². The predicted molar refractivity (Wildman–Crippen MR) is 108 cm³/mol. The van der Waals surface area contributed by atoms with E-state index in [9.17, 15) is 9.59 Å². The number of nitrogens with one attached hydrogen (secondary N) is 1. The monoisotopic (exact) mass is 413 g/mol. The normalized spacial score (nSPS) is 23.1. The number of benzene rings is 1. The fourth-order valence-corrected chi connectivity index (χ4v) is 4.91. The van der Waals surface area contributed by atoms with Crippen molar-refractivity contribution >= 4 is 28.3 Å². The van der Waals surface area contributed by atoms with E-state index >= 15 is 0 Å². The maximum Gasteiger partial charge on any atom is 0.267 e. The molecule has 8 heteroatoms. The molecule has 1 aromatic heterocycles. The topological polar surface area (TPSA) is 80.8 Å². The van der Waals surface area contributed by atoms with Crippen LogP contribution in [0.3, 0.4) is 0 Å². The smallest absolute Gasteiger partial charge is 0.267 e. The molecule has 2 atom stereocenters. The zero-order valence-corrected chi connectivity index (χ0v) is 17.0. The summed E-state index contributed by atoms with van der Waals surface area (Å²) in [5.41, 5.74) is 0.974. The Bertz CT molecular complexity index is 955. The number of fused-ring (bicyclic) bond motifs is 2. The molecule has 1 aromatic carbocycles. The average Bonchev–Trinajstić information content (AvgIpc) is 3.06. The molecule has 1 fully saturated rings. The molecule has 0 radical (unpaired) electrons. The number of anilines is 1.